The van der Waals surface area contributed by atoms with Gasteiger partial charge in [0, 0.05) is 30.2 Å². The van der Waals surface area contributed by atoms with E-state index in [1.165, 1.54) is 12.4 Å². The number of hydrogen-bond donors (Lipinski definition) is 2. The Labute approximate surface area is 203 Å². The van der Waals surface area contributed by atoms with E-state index < -0.39 is 23.8 Å². The molecule has 2 heterocycles. The number of rotatable bonds is 9. The van der Waals surface area contributed by atoms with Crippen LogP contribution in [0.25, 0.3) is 10.9 Å². The van der Waals surface area contributed by atoms with Crippen LogP contribution in [0.4, 0.5) is 11.5 Å². The number of likely N-dealkylation sites (tertiary alicyclic amines) is 1. The Bertz CT molecular complexity index is 1230. The lowest BCUT2D eigenvalue weighted by atomic mass is 9.85. The molecule has 0 radical (unpaired) electrons. The topological polar surface area (TPSA) is 114 Å². The third-order valence-corrected chi connectivity index (χ3v) is 6.14. The van der Waals surface area contributed by atoms with Gasteiger partial charge in [-0.15, -0.1) is 0 Å². The summed E-state index contributed by atoms with van der Waals surface area (Å²) >= 11 is 0. The first-order valence-electron chi connectivity index (χ1n) is 11.4. The molecule has 0 unspecified atom stereocenters. The second kappa shape index (κ2) is 11.0. The summed E-state index contributed by atoms with van der Waals surface area (Å²) in [6.07, 6.45) is 3.39. The fourth-order valence-electron chi connectivity index (χ4n) is 4.43. The minimum atomic E-state index is -1.00. The van der Waals surface area contributed by atoms with Gasteiger partial charge < -0.3 is 19.9 Å². The lowest BCUT2D eigenvalue weighted by molar-refractivity contribution is -0.160. The summed E-state index contributed by atoms with van der Waals surface area (Å²) in [6.45, 7) is 4.92. The van der Waals surface area contributed by atoms with Crippen LogP contribution < -0.4 is 10.1 Å². The van der Waals surface area contributed by atoms with Crippen LogP contribution in [0.15, 0.2) is 61.4 Å². The van der Waals surface area contributed by atoms with Gasteiger partial charge in [0.25, 0.3) is 0 Å². The molecule has 0 saturated carbocycles. The molecule has 1 aliphatic rings. The Kier molecular flexibility index (Phi) is 7.57. The normalized spacial score (nSPS) is 18.1. The van der Waals surface area contributed by atoms with Crippen LogP contribution in [0.1, 0.15) is 12.0 Å². The maximum absolute atomic E-state index is 12.4. The first-order valence-corrected chi connectivity index (χ1v) is 11.4. The van der Waals surface area contributed by atoms with Gasteiger partial charge in [0.05, 0.1) is 24.5 Å². The number of carbonyl (C=O) groups excluding carboxylic acids is 1. The molecule has 0 aliphatic carbocycles. The van der Waals surface area contributed by atoms with Crippen molar-refractivity contribution < 1.29 is 24.2 Å². The third-order valence-electron chi connectivity index (χ3n) is 6.14. The molecule has 2 aromatic carbocycles. The molecular formula is C26H28N4O5. The van der Waals surface area contributed by atoms with E-state index in [1.54, 1.807) is 7.11 Å². The molecule has 2 N–H and O–H groups in total. The molecule has 2 atom stereocenters. The molecule has 4 rings (SSSR count). The first kappa shape index (κ1) is 24.2. The van der Waals surface area contributed by atoms with Crippen molar-refractivity contribution in [2.45, 2.75) is 13.0 Å². The van der Waals surface area contributed by atoms with Crippen molar-refractivity contribution in [2.24, 2.45) is 11.8 Å². The monoisotopic (exact) mass is 476 g/mol. The summed E-state index contributed by atoms with van der Waals surface area (Å²) in [6, 6.07) is 13.4. The van der Waals surface area contributed by atoms with Gasteiger partial charge in [0.1, 0.15) is 24.5 Å². The summed E-state index contributed by atoms with van der Waals surface area (Å²) in [7, 11) is 1.62. The van der Waals surface area contributed by atoms with E-state index in [-0.39, 0.29) is 13.2 Å². The van der Waals surface area contributed by atoms with Crippen LogP contribution in [0, 0.1) is 11.8 Å². The van der Waals surface area contributed by atoms with Crippen LogP contribution in [-0.4, -0.2) is 58.7 Å². The van der Waals surface area contributed by atoms with Gasteiger partial charge in [-0.25, -0.2) is 9.97 Å². The van der Waals surface area contributed by atoms with Crippen molar-refractivity contribution in [1.82, 2.24) is 14.9 Å². The number of carbonyl (C=O) groups is 2. The van der Waals surface area contributed by atoms with Gasteiger partial charge in [-0.3, -0.25) is 14.5 Å². The fraction of sp³-hybridized carbons (Fsp3) is 0.308. The smallest absolute Gasteiger partial charge is 0.310 e. The highest BCUT2D eigenvalue weighted by Crippen LogP contribution is 2.31. The average Bonchev–Trinajstić information content (AvgIpc) is 2.87. The molecule has 1 fully saturated rings. The Morgan fingerprint density at radius 3 is 2.83 bits per heavy atom. The number of anilines is 2. The lowest BCUT2D eigenvalue weighted by Crippen LogP contribution is -2.46. The number of esters is 1. The lowest BCUT2D eigenvalue weighted by Gasteiger charge is -2.35. The van der Waals surface area contributed by atoms with Crippen LogP contribution in [0.2, 0.25) is 0 Å². The molecule has 182 valence electrons. The van der Waals surface area contributed by atoms with Crippen LogP contribution in [0.3, 0.4) is 0 Å². The number of aliphatic carboxylic acids is 1. The highest BCUT2D eigenvalue weighted by Gasteiger charge is 2.39. The standard InChI is InChI=1S/C26H28N4O5/c1-3-12-35-26(33)20-10-11-30(15-21(20)25(31)32)14-17-6-4-9-22-23(17)24(28-16-27-22)29-18-7-5-8-19(13-18)34-2/h3-9,13,16,20-21H,1,10-12,14-15H2,2H3,(H,31,32)(H,27,28,29)/t20-,21+/m1/s1. The summed E-state index contributed by atoms with van der Waals surface area (Å²) in [4.78, 5) is 35.3. The van der Waals surface area contributed by atoms with E-state index in [0.717, 1.165) is 27.9 Å². The Hall–Kier alpha value is -3.98. The maximum Gasteiger partial charge on any atom is 0.310 e. The van der Waals surface area contributed by atoms with Crippen molar-refractivity contribution in [2.75, 3.05) is 32.1 Å². The highest BCUT2D eigenvalue weighted by molar-refractivity contribution is 5.93. The molecule has 0 bridgehead atoms. The molecule has 0 spiro atoms. The zero-order valence-corrected chi connectivity index (χ0v) is 19.5. The minimum Gasteiger partial charge on any atom is -0.497 e. The van der Waals surface area contributed by atoms with Crippen molar-refractivity contribution in [3.8, 4) is 5.75 Å². The summed E-state index contributed by atoms with van der Waals surface area (Å²) in [5.74, 6) is -1.64. The number of aromatic nitrogens is 2. The average molecular weight is 477 g/mol. The molecule has 1 saturated heterocycles. The van der Waals surface area contributed by atoms with Crippen LogP contribution in [-0.2, 0) is 20.9 Å². The second-order valence-corrected chi connectivity index (χ2v) is 8.38. The number of nitrogens with one attached hydrogen (secondary N) is 1. The number of piperidine rings is 1. The van der Waals surface area contributed by atoms with E-state index in [9.17, 15) is 14.7 Å². The van der Waals surface area contributed by atoms with Gasteiger partial charge >= 0.3 is 11.9 Å². The number of carboxylic acid groups (broad SMARTS) is 1. The zero-order valence-electron chi connectivity index (χ0n) is 19.5. The predicted molar refractivity (Wildman–Crippen MR) is 131 cm³/mol. The molecule has 9 heteroatoms. The Morgan fingerprint density at radius 2 is 2.06 bits per heavy atom. The summed E-state index contributed by atoms with van der Waals surface area (Å²) < 4.78 is 10.5. The Morgan fingerprint density at radius 1 is 1.23 bits per heavy atom. The highest BCUT2D eigenvalue weighted by atomic mass is 16.5. The van der Waals surface area contributed by atoms with Gasteiger partial charge in [-0.1, -0.05) is 30.9 Å². The number of ether oxygens (including phenoxy) is 2. The van der Waals surface area contributed by atoms with Crippen molar-refractivity contribution >= 4 is 34.3 Å². The summed E-state index contributed by atoms with van der Waals surface area (Å²) in [5.41, 5.74) is 2.56. The second-order valence-electron chi connectivity index (χ2n) is 8.38. The molecule has 1 aromatic heterocycles. The van der Waals surface area contributed by atoms with E-state index in [0.29, 0.717) is 25.3 Å². The molecule has 9 nitrogen and oxygen atoms in total. The fourth-order valence-corrected chi connectivity index (χ4v) is 4.43. The van der Waals surface area contributed by atoms with Crippen LogP contribution in [0.5, 0.6) is 5.75 Å². The Balaban J connectivity index is 1.58. The molecule has 0 amide bonds. The molecule has 3 aromatic rings. The zero-order chi connectivity index (χ0) is 24.8. The number of benzene rings is 2. The van der Waals surface area contributed by atoms with Crippen LogP contribution >= 0.6 is 0 Å². The molecule has 35 heavy (non-hydrogen) atoms. The molecule has 1 aliphatic heterocycles. The van der Waals surface area contributed by atoms with Crippen molar-refractivity contribution in [3.63, 3.8) is 0 Å². The van der Waals surface area contributed by atoms with E-state index in [1.807, 2.05) is 47.4 Å². The van der Waals surface area contributed by atoms with Crippen molar-refractivity contribution in [1.29, 1.82) is 0 Å². The third kappa shape index (κ3) is 5.58. The van der Waals surface area contributed by atoms with Crippen molar-refractivity contribution in [3.05, 3.63) is 67.0 Å². The quantitative estimate of drug-likeness (QED) is 0.353. The number of fused-ring (bicyclic) bond motifs is 1. The van der Waals surface area contributed by atoms with E-state index in [2.05, 4.69) is 21.9 Å². The number of hydrogen-bond acceptors (Lipinski definition) is 8. The van der Waals surface area contributed by atoms with E-state index in [4.69, 9.17) is 9.47 Å². The predicted octanol–water partition coefficient (Wildman–Crippen LogP) is 3.63. The minimum absolute atomic E-state index is 0.0739. The largest absolute Gasteiger partial charge is 0.497 e. The SMILES string of the molecule is C=CCOC(=O)[C@@H]1CCN(Cc2cccc3ncnc(Nc4cccc(OC)c4)c23)C[C@@H]1C(=O)O. The van der Waals surface area contributed by atoms with Gasteiger partial charge in [0.15, 0.2) is 0 Å². The van der Waals surface area contributed by atoms with E-state index >= 15 is 0 Å². The maximum atomic E-state index is 12.4. The number of carboxylic acids is 1. The molecular weight excluding hydrogens is 448 g/mol. The van der Waals surface area contributed by atoms with Gasteiger partial charge in [0.2, 0.25) is 0 Å². The number of nitrogens with zero attached hydrogens (tertiary/aromatic N) is 3. The summed E-state index contributed by atoms with van der Waals surface area (Å²) in [5, 5.41) is 14.0. The van der Waals surface area contributed by atoms with Gasteiger partial charge in [-0.05, 0) is 36.7 Å². The first-order chi connectivity index (χ1) is 17.0. The van der Waals surface area contributed by atoms with Gasteiger partial charge in [-0.2, -0.15) is 0 Å². The number of methoxy groups -OCH3 is 1.